The second-order valence-corrected chi connectivity index (χ2v) is 9.40. The largest absolute Gasteiger partial charge is 0.417 e. The van der Waals surface area contributed by atoms with Crippen molar-refractivity contribution in [2.45, 2.75) is 70.6 Å². The summed E-state index contributed by atoms with van der Waals surface area (Å²) in [7, 11) is 0. The number of imide groups is 1. The third-order valence-electron chi connectivity index (χ3n) is 6.33. The number of nitrogens with zero attached hydrogens (tertiary/aromatic N) is 6. The number of carbonyl (C=O) groups excluding carboxylic acids is 3. The SMILES string of the molecule is CC1(C)C(=O)N(c2ccc(C#N)c(C(F)(F)F)c2)C(=O)N1CCCCc1cn(CCCCC(=O)NO)nn1. The Morgan fingerprint density at radius 2 is 1.87 bits per heavy atom. The van der Waals surface area contributed by atoms with E-state index < -0.39 is 40.7 Å². The van der Waals surface area contributed by atoms with Crippen molar-refractivity contribution in [3.8, 4) is 6.07 Å². The molecule has 0 radical (unpaired) electrons. The molecule has 0 saturated carbocycles. The van der Waals surface area contributed by atoms with Crippen molar-refractivity contribution in [2.75, 3.05) is 11.4 Å². The number of halogens is 3. The van der Waals surface area contributed by atoms with Crippen molar-refractivity contribution in [1.29, 1.82) is 5.26 Å². The van der Waals surface area contributed by atoms with Crippen LogP contribution in [0.5, 0.6) is 0 Å². The molecule has 204 valence electrons. The van der Waals surface area contributed by atoms with Gasteiger partial charge in [0.05, 0.1) is 28.6 Å². The number of unbranched alkanes of at least 4 members (excludes halogenated alkanes) is 2. The Bertz CT molecular complexity index is 1240. The number of hydrogen-bond donors (Lipinski definition) is 2. The van der Waals surface area contributed by atoms with Crippen LogP contribution in [0, 0.1) is 11.3 Å². The monoisotopic (exact) mass is 535 g/mol. The lowest BCUT2D eigenvalue weighted by molar-refractivity contribution is -0.137. The van der Waals surface area contributed by atoms with Crippen LogP contribution in [0.2, 0.25) is 0 Å². The number of benzene rings is 1. The molecule has 3 rings (SSSR count). The molecule has 1 saturated heterocycles. The van der Waals surface area contributed by atoms with Crippen LogP contribution < -0.4 is 10.4 Å². The number of carbonyl (C=O) groups is 3. The molecule has 4 amide bonds. The lowest BCUT2D eigenvalue weighted by Crippen LogP contribution is -2.44. The number of hydroxylamine groups is 1. The van der Waals surface area contributed by atoms with Gasteiger partial charge in [0.25, 0.3) is 5.91 Å². The minimum Gasteiger partial charge on any atom is -0.310 e. The lowest BCUT2D eigenvalue weighted by atomic mass is 10.0. The Kier molecular flexibility index (Phi) is 8.72. The van der Waals surface area contributed by atoms with Crippen LogP contribution in [0.25, 0.3) is 0 Å². The number of nitrogens with one attached hydrogen (secondary N) is 1. The maximum absolute atomic E-state index is 13.4. The van der Waals surface area contributed by atoms with E-state index in [0.717, 1.165) is 22.7 Å². The van der Waals surface area contributed by atoms with Crippen molar-refractivity contribution in [3.63, 3.8) is 0 Å². The van der Waals surface area contributed by atoms with E-state index in [1.807, 2.05) is 0 Å². The number of nitriles is 1. The number of alkyl halides is 3. The van der Waals surface area contributed by atoms with E-state index in [0.29, 0.717) is 44.7 Å². The molecule has 38 heavy (non-hydrogen) atoms. The Morgan fingerprint density at radius 3 is 2.53 bits per heavy atom. The van der Waals surface area contributed by atoms with E-state index in [1.54, 1.807) is 16.4 Å². The first-order valence-corrected chi connectivity index (χ1v) is 12.0. The van der Waals surface area contributed by atoms with Gasteiger partial charge in [-0.1, -0.05) is 5.21 Å². The molecule has 0 aliphatic carbocycles. The molecular formula is C24H28F3N7O4. The molecule has 1 aliphatic rings. The summed E-state index contributed by atoms with van der Waals surface area (Å²) in [6.07, 6.45) is 0.133. The van der Waals surface area contributed by atoms with E-state index in [9.17, 15) is 27.6 Å². The van der Waals surface area contributed by atoms with Crippen molar-refractivity contribution in [1.82, 2.24) is 25.4 Å². The minimum atomic E-state index is -4.82. The summed E-state index contributed by atoms with van der Waals surface area (Å²) < 4.78 is 41.9. The molecule has 11 nitrogen and oxygen atoms in total. The van der Waals surface area contributed by atoms with Gasteiger partial charge in [0.15, 0.2) is 0 Å². The van der Waals surface area contributed by atoms with Gasteiger partial charge >= 0.3 is 12.2 Å². The molecule has 2 N–H and O–H groups in total. The summed E-state index contributed by atoms with van der Waals surface area (Å²) in [5.74, 6) is -1.10. The van der Waals surface area contributed by atoms with E-state index >= 15 is 0 Å². The summed E-state index contributed by atoms with van der Waals surface area (Å²) in [4.78, 5) is 39.2. The fourth-order valence-corrected chi connectivity index (χ4v) is 4.20. The van der Waals surface area contributed by atoms with Crippen LogP contribution in [0.4, 0.5) is 23.7 Å². The molecule has 0 bridgehead atoms. The molecule has 2 aromatic rings. The summed E-state index contributed by atoms with van der Waals surface area (Å²) in [5, 5.41) is 25.6. The van der Waals surface area contributed by atoms with Gasteiger partial charge in [-0.2, -0.15) is 18.4 Å². The number of anilines is 1. The van der Waals surface area contributed by atoms with Crippen LogP contribution in [0.15, 0.2) is 24.4 Å². The third-order valence-corrected chi connectivity index (χ3v) is 6.33. The quantitative estimate of drug-likeness (QED) is 0.194. The first-order chi connectivity index (χ1) is 17.9. The second kappa shape index (κ2) is 11.6. The van der Waals surface area contributed by atoms with Gasteiger partial charge in [0.1, 0.15) is 5.54 Å². The maximum atomic E-state index is 13.4. The number of aromatic nitrogens is 3. The molecule has 0 spiro atoms. The van der Waals surface area contributed by atoms with Gasteiger partial charge < -0.3 is 4.90 Å². The normalized spacial score (nSPS) is 15.2. The minimum absolute atomic E-state index is 0.206. The Morgan fingerprint density at radius 1 is 1.16 bits per heavy atom. The zero-order valence-corrected chi connectivity index (χ0v) is 21.0. The van der Waals surface area contributed by atoms with Gasteiger partial charge in [0.2, 0.25) is 5.91 Å². The highest BCUT2D eigenvalue weighted by atomic mass is 19.4. The van der Waals surface area contributed by atoms with E-state index in [1.165, 1.54) is 24.8 Å². The van der Waals surface area contributed by atoms with Gasteiger partial charge in [-0.15, -0.1) is 5.10 Å². The van der Waals surface area contributed by atoms with Crippen molar-refractivity contribution in [3.05, 3.63) is 41.2 Å². The van der Waals surface area contributed by atoms with Crippen molar-refractivity contribution >= 4 is 23.5 Å². The Hall–Kier alpha value is -3.99. The Balaban J connectivity index is 1.58. The topological polar surface area (TPSA) is 144 Å². The molecule has 0 unspecified atom stereocenters. The van der Waals surface area contributed by atoms with Gasteiger partial charge in [0, 0.05) is 25.7 Å². The predicted molar refractivity (Wildman–Crippen MR) is 127 cm³/mol. The maximum Gasteiger partial charge on any atom is 0.417 e. The predicted octanol–water partition coefficient (Wildman–Crippen LogP) is 3.41. The fourth-order valence-electron chi connectivity index (χ4n) is 4.20. The number of amides is 4. The average Bonchev–Trinajstić information content (AvgIpc) is 3.38. The highest BCUT2D eigenvalue weighted by Gasteiger charge is 2.51. The number of rotatable bonds is 11. The van der Waals surface area contributed by atoms with Crippen molar-refractivity contribution in [2.24, 2.45) is 0 Å². The smallest absolute Gasteiger partial charge is 0.310 e. The van der Waals surface area contributed by atoms with Crippen LogP contribution >= 0.6 is 0 Å². The molecule has 2 heterocycles. The van der Waals surface area contributed by atoms with E-state index in [-0.39, 0.29) is 18.7 Å². The molecule has 1 aromatic carbocycles. The molecule has 14 heteroatoms. The zero-order valence-electron chi connectivity index (χ0n) is 21.0. The van der Waals surface area contributed by atoms with Crippen LogP contribution in [-0.4, -0.2) is 55.0 Å². The first-order valence-electron chi connectivity index (χ1n) is 12.0. The number of aryl methyl sites for hydroxylation is 2. The van der Waals surface area contributed by atoms with Crippen molar-refractivity contribution < 1.29 is 32.8 Å². The van der Waals surface area contributed by atoms with Gasteiger partial charge in [-0.05, 0) is 64.2 Å². The molecule has 1 aliphatic heterocycles. The van der Waals surface area contributed by atoms with Gasteiger partial charge in [-0.25, -0.2) is 15.2 Å². The van der Waals surface area contributed by atoms with E-state index in [2.05, 4.69) is 10.3 Å². The molecule has 0 atom stereocenters. The summed E-state index contributed by atoms with van der Waals surface area (Å²) in [6, 6.07) is 3.52. The summed E-state index contributed by atoms with van der Waals surface area (Å²) in [6.45, 7) is 3.84. The Labute approximate surface area is 216 Å². The van der Waals surface area contributed by atoms with Crippen LogP contribution in [0.1, 0.15) is 62.8 Å². The average molecular weight is 536 g/mol. The molecule has 1 aromatic heterocycles. The first kappa shape index (κ1) is 28.6. The molecular weight excluding hydrogens is 507 g/mol. The standard InChI is InChI=1S/C24H28F3N7O4/c1-23(2)21(36)34(18-10-9-16(14-28)19(13-18)24(25,26)27)22(37)33(23)12-6-3-7-17-15-32(31-29-17)11-5-4-8-20(35)30-38/h9-10,13,15,38H,3-8,11-12H2,1-2H3,(H,30,35). The zero-order chi connectivity index (χ0) is 28.1. The lowest BCUT2D eigenvalue weighted by Gasteiger charge is -2.27. The summed E-state index contributed by atoms with van der Waals surface area (Å²) in [5.41, 5.74) is -0.995. The van der Waals surface area contributed by atoms with Crippen LogP contribution in [0.3, 0.4) is 0 Å². The number of hydrogen-bond acceptors (Lipinski definition) is 7. The highest BCUT2D eigenvalue weighted by Crippen LogP contribution is 2.37. The fraction of sp³-hybridized carbons (Fsp3) is 0.500. The molecule has 1 fully saturated rings. The van der Waals surface area contributed by atoms with Crippen LogP contribution in [-0.2, 0) is 28.7 Å². The highest BCUT2D eigenvalue weighted by molar-refractivity contribution is 6.23. The summed E-state index contributed by atoms with van der Waals surface area (Å²) >= 11 is 0. The third kappa shape index (κ3) is 6.28. The van der Waals surface area contributed by atoms with E-state index in [4.69, 9.17) is 10.5 Å². The second-order valence-electron chi connectivity index (χ2n) is 9.40. The van der Waals surface area contributed by atoms with Gasteiger partial charge in [-0.3, -0.25) is 19.5 Å². The number of urea groups is 1.